The highest BCUT2D eigenvalue weighted by atomic mass is 32.1. The summed E-state index contributed by atoms with van der Waals surface area (Å²) < 4.78 is 0. The molecule has 5 heteroatoms. The number of nitrogens with zero attached hydrogens (tertiary/aromatic N) is 1. The molecule has 4 aromatic rings. The molecule has 0 unspecified atom stereocenters. The van der Waals surface area contributed by atoms with Gasteiger partial charge in [-0.3, -0.25) is 4.79 Å². The van der Waals surface area contributed by atoms with E-state index in [4.69, 9.17) is 0 Å². The summed E-state index contributed by atoms with van der Waals surface area (Å²) in [4.78, 5) is 21.2. The topological polar surface area (TPSA) is 66.0 Å². The highest BCUT2D eigenvalue weighted by molar-refractivity contribution is 7.16. The molecule has 0 spiro atoms. The van der Waals surface area contributed by atoms with E-state index >= 15 is 0 Å². The van der Waals surface area contributed by atoms with Gasteiger partial charge >= 0.3 is 0 Å². The fourth-order valence-electron chi connectivity index (χ4n) is 2.82. The van der Waals surface area contributed by atoms with E-state index in [1.807, 2.05) is 61.5 Å². The number of aromatic nitrogens is 2. The summed E-state index contributed by atoms with van der Waals surface area (Å²) in [5.41, 5.74) is 3.27. The third-order valence-electron chi connectivity index (χ3n) is 4.11. The largest absolute Gasteiger partial charge is 0.506 e. The Kier molecular flexibility index (Phi) is 4.14. The Morgan fingerprint density at radius 2 is 1.85 bits per heavy atom. The second-order valence-corrected chi connectivity index (χ2v) is 7.04. The van der Waals surface area contributed by atoms with Crippen LogP contribution in [0, 0.1) is 6.92 Å². The Morgan fingerprint density at radius 1 is 1.12 bits per heavy atom. The van der Waals surface area contributed by atoms with E-state index in [0.717, 1.165) is 20.9 Å². The number of thiophene rings is 1. The van der Waals surface area contributed by atoms with Gasteiger partial charge in [-0.2, -0.15) is 0 Å². The average Bonchev–Trinajstić information content (AvgIpc) is 3.05. The van der Waals surface area contributed by atoms with Gasteiger partial charge in [0, 0.05) is 11.0 Å². The zero-order chi connectivity index (χ0) is 18.1. The first-order chi connectivity index (χ1) is 12.6. The van der Waals surface area contributed by atoms with Gasteiger partial charge in [-0.15, -0.1) is 11.3 Å². The van der Waals surface area contributed by atoms with Crippen LogP contribution >= 0.6 is 11.3 Å². The van der Waals surface area contributed by atoms with Crippen molar-refractivity contribution >= 4 is 34.2 Å². The third kappa shape index (κ3) is 3.05. The Hall–Kier alpha value is -3.18. The van der Waals surface area contributed by atoms with Crippen molar-refractivity contribution in [2.75, 3.05) is 0 Å². The van der Waals surface area contributed by atoms with Crippen molar-refractivity contribution in [3.05, 3.63) is 87.2 Å². The number of aryl methyl sites for hydroxylation is 1. The molecular formula is C21H16N2O2S. The van der Waals surface area contributed by atoms with Crippen molar-refractivity contribution in [3.8, 4) is 10.4 Å². The molecule has 2 N–H and O–H groups in total. The molecular weight excluding hydrogens is 344 g/mol. The summed E-state index contributed by atoms with van der Waals surface area (Å²) in [5, 5.41) is 10.6. The number of hydrogen-bond donors (Lipinski definition) is 2. The lowest BCUT2D eigenvalue weighted by Gasteiger charge is -2.01. The number of aliphatic hydroxyl groups excluding tert-OH is 1. The van der Waals surface area contributed by atoms with Crippen LogP contribution in [0.1, 0.15) is 16.1 Å². The second kappa shape index (κ2) is 6.61. The maximum atomic E-state index is 12.2. The summed E-state index contributed by atoms with van der Waals surface area (Å²) in [6.45, 7) is 1.94. The number of para-hydroxylation sites is 2. The van der Waals surface area contributed by atoms with Crippen LogP contribution < -0.4 is 5.56 Å². The molecule has 0 amide bonds. The van der Waals surface area contributed by atoms with Gasteiger partial charge < -0.3 is 10.1 Å². The first-order valence-electron chi connectivity index (χ1n) is 8.18. The fraction of sp³-hybridized carbons (Fsp3) is 0.0476. The number of fused-ring (bicyclic) bond motifs is 1. The summed E-state index contributed by atoms with van der Waals surface area (Å²) in [6.07, 6.45) is 1.43. The molecule has 2 aromatic carbocycles. The first-order valence-corrected chi connectivity index (χ1v) is 8.99. The van der Waals surface area contributed by atoms with Crippen LogP contribution in [0.25, 0.3) is 33.3 Å². The molecule has 2 heterocycles. The maximum Gasteiger partial charge on any atom is 0.274 e. The van der Waals surface area contributed by atoms with Gasteiger partial charge in [0.1, 0.15) is 11.5 Å². The van der Waals surface area contributed by atoms with Crippen molar-refractivity contribution in [1.82, 2.24) is 9.97 Å². The third-order valence-corrected chi connectivity index (χ3v) is 5.42. The van der Waals surface area contributed by atoms with Crippen LogP contribution in [0.15, 0.2) is 65.5 Å². The zero-order valence-corrected chi connectivity index (χ0v) is 14.9. The maximum absolute atomic E-state index is 12.2. The second-order valence-electron chi connectivity index (χ2n) is 5.99. The normalized spacial score (nSPS) is 11.8. The number of H-pyrrole nitrogens is 1. The molecule has 0 aliphatic rings. The van der Waals surface area contributed by atoms with Crippen LogP contribution in [0.3, 0.4) is 0 Å². The van der Waals surface area contributed by atoms with Gasteiger partial charge in [0.15, 0.2) is 0 Å². The lowest BCUT2D eigenvalue weighted by Crippen LogP contribution is -2.11. The van der Waals surface area contributed by atoms with Crippen LogP contribution in [0.5, 0.6) is 0 Å². The number of rotatable bonds is 3. The molecule has 26 heavy (non-hydrogen) atoms. The Morgan fingerprint density at radius 3 is 2.65 bits per heavy atom. The van der Waals surface area contributed by atoms with Crippen LogP contribution in [0.2, 0.25) is 0 Å². The van der Waals surface area contributed by atoms with Crippen molar-refractivity contribution < 1.29 is 5.11 Å². The Balaban J connectivity index is 1.76. The van der Waals surface area contributed by atoms with Crippen molar-refractivity contribution in [1.29, 1.82) is 0 Å². The van der Waals surface area contributed by atoms with Crippen LogP contribution in [0.4, 0.5) is 0 Å². The molecule has 0 fully saturated rings. The van der Waals surface area contributed by atoms with E-state index in [1.165, 1.54) is 17.4 Å². The first kappa shape index (κ1) is 16.3. The number of benzene rings is 2. The minimum Gasteiger partial charge on any atom is -0.506 e. The van der Waals surface area contributed by atoms with E-state index < -0.39 is 0 Å². The molecule has 0 bridgehead atoms. The fourth-order valence-corrected chi connectivity index (χ4v) is 3.91. The minimum absolute atomic E-state index is 0.0444. The average molecular weight is 360 g/mol. The molecule has 0 atom stereocenters. The van der Waals surface area contributed by atoms with Gasteiger partial charge in [-0.25, -0.2) is 4.98 Å². The molecule has 0 aliphatic carbocycles. The standard InChI is InChI=1S/C21H16N2O2S/c1-13-11-19(14-7-3-2-4-8-14)26-20(13)18(24)12-17-21(25)23-16-10-6-5-9-15(16)22-17/h2-12,24H,1H3,(H,23,25). The van der Waals surface area contributed by atoms with E-state index in [0.29, 0.717) is 11.0 Å². The van der Waals surface area contributed by atoms with Crippen molar-refractivity contribution in [2.45, 2.75) is 6.92 Å². The molecule has 128 valence electrons. The molecule has 0 aliphatic heterocycles. The zero-order valence-electron chi connectivity index (χ0n) is 14.1. The van der Waals surface area contributed by atoms with E-state index in [9.17, 15) is 9.90 Å². The monoisotopic (exact) mass is 360 g/mol. The van der Waals surface area contributed by atoms with Gasteiger partial charge in [-0.1, -0.05) is 42.5 Å². The number of aromatic amines is 1. The summed E-state index contributed by atoms with van der Waals surface area (Å²) in [6, 6.07) is 19.4. The molecule has 0 saturated carbocycles. The quantitative estimate of drug-likeness (QED) is 0.504. The highest BCUT2D eigenvalue weighted by Crippen LogP contribution is 2.34. The highest BCUT2D eigenvalue weighted by Gasteiger charge is 2.12. The number of aliphatic hydroxyl groups is 1. The van der Waals surface area contributed by atoms with Gasteiger partial charge in [0.05, 0.1) is 15.9 Å². The number of hydrogen-bond acceptors (Lipinski definition) is 4. The number of nitrogens with one attached hydrogen (secondary N) is 1. The smallest absolute Gasteiger partial charge is 0.274 e. The van der Waals surface area contributed by atoms with E-state index in [2.05, 4.69) is 9.97 Å². The van der Waals surface area contributed by atoms with E-state index in [-0.39, 0.29) is 17.0 Å². The summed E-state index contributed by atoms with van der Waals surface area (Å²) >= 11 is 1.49. The van der Waals surface area contributed by atoms with Crippen LogP contribution in [-0.2, 0) is 0 Å². The molecule has 4 nitrogen and oxygen atoms in total. The molecule has 2 aromatic heterocycles. The van der Waals surface area contributed by atoms with E-state index in [1.54, 1.807) is 6.07 Å². The van der Waals surface area contributed by atoms with Crippen LogP contribution in [-0.4, -0.2) is 15.1 Å². The lowest BCUT2D eigenvalue weighted by atomic mass is 10.1. The predicted octanol–water partition coefficient (Wildman–Crippen LogP) is 5.02. The molecule has 0 radical (unpaired) electrons. The van der Waals surface area contributed by atoms with Gasteiger partial charge in [0.2, 0.25) is 0 Å². The Bertz CT molecular complexity index is 1170. The van der Waals surface area contributed by atoms with Gasteiger partial charge in [0.25, 0.3) is 5.56 Å². The van der Waals surface area contributed by atoms with Crippen molar-refractivity contribution in [3.63, 3.8) is 0 Å². The van der Waals surface area contributed by atoms with Crippen molar-refractivity contribution in [2.24, 2.45) is 0 Å². The Labute approximate surface area is 154 Å². The lowest BCUT2D eigenvalue weighted by molar-refractivity contribution is 0.517. The molecule has 4 rings (SSSR count). The SMILES string of the molecule is Cc1cc(-c2ccccc2)sc1C(O)=Cc1nc2ccccc2[nH]c1=O. The van der Waals surface area contributed by atoms with Gasteiger partial charge in [-0.05, 0) is 36.2 Å². The summed E-state index contributed by atoms with van der Waals surface area (Å²) in [7, 11) is 0. The minimum atomic E-state index is -0.326. The predicted molar refractivity (Wildman–Crippen MR) is 107 cm³/mol. The molecule has 0 saturated heterocycles. The summed E-state index contributed by atoms with van der Waals surface area (Å²) in [5.74, 6) is 0.0444.